The van der Waals surface area contributed by atoms with Crippen molar-refractivity contribution in [3.8, 4) is 0 Å². The Kier molecular flexibility index (Phi) is 3.64. The van der Waals surface area contributed by atoms with Gasteiger partial charge >= 0.3 is 0 Å². The maximum Gasteiger partial charge on any atom is 0.221 e. The number of benzene rings is 1. The summed E-state index contributed by atoms with van der Waals surface area (Å²) in [5.74, 6) is -0.354. The van der Waals surface area contributed by atoms with Gasteiger partial charge in [-0.3, -0.25) is 4.79 Å². The third kappa shape index (κ3) is 2.96. The molecule has 0 aliphatic carbocycles. The largest absolute Gasteiger partial charge is 0.354 e. The van der Waals surface area contributed by atoms with Crippen molar-refractivity contribution in [3.05, 3.63) is 34.6 Å². The van der Waals surface area contributed by atoms with Crippen molar-refractivity contribution in [2.24, 2.45) is 0 Å². The average molecular weight is 257 g/mol. The maximum atomic E-state index is 13.0. The molecule has 1 amide bonds. The summed E-state index contributed by atoms with van der Waals surface area (Å²) in [5, 5.41) is 6.19. The van der Waals surface area contributed by atoms with Gasteiger partial charge in [0.2, 0.25) is 5.91 Å². The molecule has 1 aliphatic rings. The van der Waals surface area contributed by atoms with Crippen molar-refractivity contribution in [2.75, 3.05) is 6.54 Å². The summed E-state index contributed by atoms with van der Waals surface area (Å²) >= 11 is 5.73. The third-order valence-corrected chi connectivity index (χ3v) is 3.20. The van der Waals surface area contributed by atoms with Crippen LogP contribution in [0.15, 0.2) is 18.2 Å². The van der Waals surface area contributed by atoms with Gasteiger partial charge in [0.05, 0.1) is 5.02 Å². The Labute approximate surface area is 104 Å². The molecule has 0 saturated carbocycles. The fraction of sp³-hybridized carbons (Fsp3) is 0.417. The number of hydrogen-bond acceptors (Lipinski definition) is 2. The summed E-state index contributed by atoms with van der Waals surface area (Å²) in [6, 6.07) is 4.82. The summed E-state index contributed by atoms with van der Waals surface area (Å²) in [6.07, 6.45) is 0.485. The number of amides is 1. The van der Waals surface area contributed by atoms with Crippen LogP contribution < -0.4 is 10.6 Å². The van der Waals surface area contributed by atoms with E-state index in [0.29, 0.717) is 13.0 Å². The van der Waals surface area contributed by atoms with Crippen LogP contribution in [0.5, 0.6) is 0 Å². The summed E-state index contributed by atoms with van der Waals surface area (Å²) in [6.45, 7) is 2.60. The molecule has 1 fully saturated rings. The molecule has 1 heterocycles. The molecule has 2 N–H and O–H groups in total. The minimum atomic E-state index is -0.416. The minimum Gasteiger partial charge on any atom is -0.354 e. The normalized spacial score (nSPS) is 21.4. The Morgan fingerprint density at radius 1 is 1.59 bits per heavy atom. The lowest BCUT2D eigenvalue weighted by Gasteiger charge is -2.18. The van der Waals surface area contributed by atoms with E-state index < -0.39 is 5.82 Å². The topological polar surface area (TPSA) is 41.1 Å². The van der Waals surface area contributed by atoms with Crippen molar-refractivity contribution in [3.63, 3.8) is 0 Å². The fourth-order valence-electron chi connectivity index (χ4n) is 1.95. The second-order valence-electron chi connectivity index (χ2n) is 4.27. The number of carbonyl (C=O) groups is 1. The molecule has 0 aromatic heterocycles. The maximum absolute atomic E-state index is 13.0. The lowest BCUT2D eigenvalue weighted by molar-refractivity contribution is -0.119. The Balaban J connectivity index is 2.01. The minimum absolute atomic E-state index is 0.0331. The molecule has 2 unspecified atom stereocenters. The lowest BCUT2D eigenvalue weighted by atomic mass is 10.1. The first-order chi connectivity index (χ1) is 8.06. The van der Waals surface area contributed by atoms with E-state index in [9.17, 15) is 9.18 Å². The summed E-state index contributed by atoms with van der Waals surface area (Å²) < 4.78 is 13.0. The van der Waals surface area contributed by atoms with Crippen molar-refractivity contribution in [1.29, 1.82) is 0 Å². The molecule has 1 aromatic rings. The van der Waals surface area contributed by atoms with Gasteiger partial charge in [0.15, 0.2) is 0 Å². The van der Waals surface area contributed by atoms with Gasteiger partial charge in [0.25, 0.3) is 0 Å². The molecule has 5 heteroatoms. The molecule has 3 nitrogen and oxygen atoms in total. The molecule has 1 saturated heterocycles. The highest BCUT2D eigenvalue weighted by molar-refractivity contribution is 6.30. The van der Waals surface area contributed by atoms with Crippen molar-refractivity contribution in [2.45, 2.75) is 25.4 Å². The van der Waals surface area contributed by atoms with Gasteiger partial charge in [0, 0.05) is 25.0 Å². The standard InChI is InChI=1S/C12H14ClFN2O/c1-7(16-9-5-12(17)15-6-9)8-2-3-11(14)10(13)4-8/h2-4,7,9,16H,5-6H2,1H3,(H,15,17). The zero-order valence-corrected chi connectivity index (χ0v) is 10.2. The predicted octanol–water partition coefficient (Wildman–Crippen LogP) is 2.02. The highest BCUT2D eigenvalue weighted by Crippen LogP contribution is 2.21. The summed E-state index contributed by atoms with van der Waals surface area (Å²) in [5.41, 5.74) is 0.913. The number of nitrogens with one attached hydrogen (secondary N) is 2. The highest BCUT2D eigenvalue weighted by atomic mass is 35.5. The summed E-state index contributed by atoms with van der Waals surface area (Å²) in [4.78, 5) is 11.0. The second kappa shape index (κ2) is 5.02. The molecular formula is C12H14ClFN2O. The van der Waals surface area contributed by atoms with Crippen LogP contribution in [-0.2, 0) is 4.79 Å². The van der Waals surface area contributed by atoms with Gasteiger partial charge in [-0.15, -0.1) is 0 Å². The van der Waals surface area contributed by atoms with Crippen LogP contribution >= 0.6 is 11.6 Å². The molecule has 1 aliphatic heterocycles. The van der Waals surface area contributed by atoms with Crippen LogP contribution in [-0.4, -0.2) is 18.5 Å². The van der Waals surface area contributed by atoms with Crippen LogP contribution in [0.3, 0.4) is 0 Å². The van der Waals surface area contributed by atoms with Crippen LogP contribution in [0.1, 0.15) is 24.9 Å². The molecular weight excluding hydrogens is 243 g/mol. The van der Waals surface area contributed by atoms with E-state index >= 15 is 0 Å². The number of rotatable bonds is 3. The van der Waals surface area contributed by atoms with E-state index in [0.717, 1.165) is 5.56 Å². The van der Waals surface area contributed by atoms with E-state index in [1.54, 1.807) is 12.1 Å². The van der Waals surface area contributed by atoms with Crippen molar-refractivity contribution in [1.82, 2.24) is 10.6 Å². The van der Waals surface area contributed by atoms with Crippen LogP contribution in [0, 0.1) is 5.82 Å². The van der Waals surface area contributed by atoms with Gasteiger partial charge in [-0.25, -0.2) is 4.39 Å². The quantitative estimate of drug-likeness (QED) is 0.869. The monoisotopic (exact) mass is 256 g/mol. The van der Waals surface area contributed by atoms with Crippen molar-refractivity contribution >= 4 is 17.5 Å². The van der Waals surface area contributed by atoms with E-state index in [2.05, 4.69) is 10.6 Å². The Morgan fingerprint density at radius 3 is 2.94 bits per heavy atom. The zero-order valence-electron chi connectivity index (χ0n) is 9.47. The first kappa shape index (κ1) is 12.3. The third-order valence-electron chi connectivity index (χ3n) is 2.91. The number of hydrogen-bond donors (Lipinski definition) is 2. The molecule has 1 aromatic carbocycles. The highest BCUT2D eigenvalue weighted by Gasteiger charge is 2.23. The SMILES string of the molecule is CC(NC1CNC(=O)C1)c1ccc(F)c(Cl)c1. The molecule has 2 atom stereocenters. The first-order valence-corrected chi connectivity index (χ1v) is 5.92. The Bertz CT molecular complexity index is 439. The van der Waals surface area contributed by atoms with E-state index in [-0.39, 0.29) is 23.0 Å². The Hall–Kier alpha value is -1.13. The van der Waals surface area contributed by atoms with Crippen LogP contribution in [0.2, 0.25) is 5.02 Å². The number of halogens is 2. The molecule has 0 spiro atoms. The van der Waals surface area contributed by atoms with E-state index in [1.165, 1.54) is 6.07 Å². The zero-order chi connectivity index (χ0) is 12.4. The number of carbonyl (C=O) groups excluding carboxylic acids is 1. The molecule has 17 heavy (non-hydrogen) atoms. The lowest BCUT2D eigenvalue weighted by Crippen LogP contribution is -2.33. The van der Waals surface area contributed by atoms with Gasteiger partial charge in [-0.05, 0) is 24.6 Å². The average Bonchev–Trinajstić information content (AvgIpc) is 2.68. The second-order valence-corrected chi connectivity index (χ2v) is 4.67. The van der Waals surface area contributed by atoms with Gasteiger partial charge in [-0.1, -0.05) is 17.7 Å². The van der Waals surface area contributed by atoms with Crippen molar-refractivity contribution < 1.29 is 9.18 Å². The molecule has 92 valence electrons. The van der Waals surface area contributed by atoms with Gasteiger partial charge in [-0.2, -0.15) is 0 Å². The Morgan fingerprint density at radius 2 is 2.35 bits per heavy atom. The fourth-order valence-corrected chi connectivity index (χ4v) is 2.14. The smallest absolute Gasteiger partial charge is 0.221 e. The molecule has 0 bridgehead atoms. The van der Waals surface area contributed by atoms with Crippen LogP contribution in [0.25, 0.3) is 0 Å². The van der Waals surface area contributed by atoms with E-state index in [4.69, 9.17) is 11.6 Å². The first-order valence-electron chi connectivity index (χ1n) is 5.54. The van der Waals surface area contributed by atoms with Crippen LogP contribution in [0.4, 0.5) is 4.39 Å². The van der Waals surface area contributed by atoms with Gasteiger partial charge < -0.3 is 10.6 Å². The van der Waals surface area contributed by atoms with E-state index in [1.807, 2.05) is 6.92 Å². The predicted molar refractivity (Wildman–Crippen MR) is 64.4 cm³/mol. The molecule has 2 rings (SSSR count). The van der Waals surface area contributed by atoms with Gasteiger partial charge in [0.1, 0.15) is 5.82 Å². The summed E-state index contributed by atoms with van der Waals surface area (Å²) in [7, 11) is 0. The molecule has 0 radical (unpaired) electrons.